The summed E-state index contributed by atoms with van der Waals surface area (Å²) in [6.07, 6.45) is 3.20. The normalized spacial score (nSPS) is 25.4. The van der Waals surface area contributed by atoms with Gasteiger partial charge in [0.2, 0.25) is 5.88 Å². The van der Waals surface area contributed by atoms with Crippen molar-refractivity contribution in [2.75, 3.05) is 11.9 Å². The first-order valence-corrected chi connectivity index (χ1v) is 7.45. The van der Waals surface area contributed by atoms with E-state index in [-0.39, 0.29) is 0 Å². The van der Waals surface area contributed by atoms with Gasteiger partial charge in [0.1, 0.15) is 17.2 Å². The largest absolute Gasteiger partial charge is 0.480 e. The Balaban J connectivity index is 2.26. The van der Waals surface area contributed by atoms with Crippen molar-refractivity contribution < 1.29 is 14.6 Å². The van der Waals surface area contributed by atoms with Gasteiger partial charge in [-0.3, -0.25) is 0 Å². The summed E-state index contributed by atoms with van der Waals surface area (Å²) in [5.74, 6) is 1.12. The zero-order valence-electron chi connectivity index (χ0n) is 12.8. The van der Waals surface area contributed by atoms with Crippen LogP contribution in [0.4, 0.5) is 5.82 Å². The number of hydrogen-bond donors (Lipinski definition) is 2. The van der Waals surface area contributed by atoms with Gasteiger partial charge in [0, 0.05) is 6.07 Å². The molecule has 1 heterocycles. The van der Waals surface area contributed by atoms with Crippen LogP contribution in [0, 0.1) is 12.8 Å². The highest BCUT2D eigenvalue weighted by molar-refractivity contribution is 5.82. The topological polar surface area (TPSA) is 84.3 Å². The lowest BCUT2D eigenvalue weighted by molar-refractivity contribution is -0.144. The number of carbonyl (C=O) groups is 1. The molecule has 116 valence electrons. The van der Waals surface area contributed by atoms with E-state index in [2.05, 4.69) is 22.2 Å². The molecule has 0 bridgehead atoms. The van der Waals surface area contributed by atoms with Gasteiger partial charge in [-0.25, -0.2) is 9.78 Å². The maximum atomic E-state index is 11.8. The van der Waals surface area contributed by atoms with E-state index in [1.54, 1.807) is 13.0 Å². The molecule has 0 aromatic carbocycles. The molecule has 0 saturated heterocycles. The van der Waals surface area contributed by atoms with Crippen LogP contribution in [-0.2, 0) is 4.79 Å². The van der Waals surface area contributed by atoms with Crippen LogP contribution in [0.1, 0.15) is 45.4 Å². The summed E-state index contributed by atoms with van der Waals surface area (Å²) in [6, 6.07) is 1.67. The van der Waals surface area contributed by atoms with E-state index in [1.165, 1.54) is 0 Å². The summed E-state index contributed by atoms with van der Waals surface area (Å²) in [5, 5.41) is 12.8. The fraction of sp³-hybridized carbons (Fsp3) is 0.667. The Labute approximate surface area is 124 Å². The van der Waals surface area contributed by atoms with Crippen molar-refractivity contribution in [1.82, 2.24) is 9.97 Å². The van der Waals surface area contributed by atoms with Crippen LogP contribution in [0.5, 0.6) is 5.88 Å². The van der Waals surface area contributed by atoms with Crippen LogP contribution < -0.4 is 10.1 Å². The number of nitrogens with zero attached hydrogens (tertiary/aromatic N) is 2. The van der Waals surface area contributed by atoms with Gasteiger partial charge in [0.05, 0.1) is 6.61 Å². The molecule has 0 radical (unpaired) electrons. The SMILES string of the molecule is CCOc1cc(NC2(C(=O)O)CCCC(C)C2)nc(C)n1. The summed E-state index contributed by atoms with van der Waals surface area (Å²) < 4.78 is 5.39. The van der Waals surface area contributed by atoms with Crippen LogP contribution in [0.15, 0.2) is 6.07 Å². The number of aromatic nitrogens is 2. The van der Waals surface area contributed by atoms with Gasteiger partial charge in [-0.2, -0.15) is 4.98 Å². The van der Waals surface area contributed by atoms with E-state index in [9.17, 15) is 9.90 Å². The Kier molecular flexibility index (Phi) is 4.65. The third-order valence-electron chi connectivity index (χ3n) is 3.88. The molecule has 1 aromatic heterocycles. The Bertz CT molecular complexity index is 521. The fourth-order valence-corrected chi connectivity index (χ4v) is 2.98. The molecule has 1 fully saturated rings. The smallest absolute Gasteiger partial charge is 0.329 e. The molecule has 2 rings (SSSR count). The second-order valence-corrected chi connectivity index (χ2v) is 5.79. The fourth-order valence-electron chi connectivity index (χ4n) is 2.98. The van der Waals surface area contributed by atoms with Crippen LogP contribution in [0.25, 0.3) is 0 Å². The zero-order chi connectivity index (χ0) is 15.5. The number of anilines is 1. The summed E-state index contributed by atoms with van der Waals surface area (Å²) in [7, 11) is 0. The molecule has 6 heteroatoms. The molecule has 0 amide bonds. The molecule has 21 heavy (non-hydrogen) atoms. The van der Waals surface area contributed by atoms with Crippen molar-refractivity contribution in [3.63, 3.8) is 0 Å². The Morgan fingerprint density at radius 2 is 2.33 bits per heavy atom. The monoisotopic (exact) mass is 293 g/mol. The van der Waals surface area contributed by atoms with Crippen molar-refractivity contribution in [1.29, 1.82) is 0 Å². The van der Waals surface area contributed by atoms with Crippen molar-refractivity contribution in [2.24, 2.45) is 5.92 Å². The van der Waals surface area contributed by atoms with Crippen molar-refractivity contribution >= 4 is 11.8 Å². The van der Waals surface area contributed by atoms with Gasteiger partial charge >= 0.3 is 5.97 Å². The van der Waals surface area contributed by atoms with Gasteiger partial charge in [-0.1, -0.05) is 19.8 Å². The highest BCUT2D eigenvalue weighted by Gasteiger charge is 2.42. The molecule has 2 unspecified atom stereocenters. The number of hydrogen-bond acceptors (Lipinski definition) is 5. The third kappa shape index (κ3) is 3.62. The number of carboxylic acid groups (broad SMARTS) is 1. The quantitative estimate of drug-likeness (QED) is 0.868. The molecular weight excluding hydrogens is 270 g/mol. The lowest BCUT2D eigenvalue weighted by Gasteiger charge is -2.37. The van der Waals surface area contributed by atoms with Gasteiger partial charge < -0.3 is 15.2 Å². The van der Waals surface area contributed by atoms with E-state index in [0.717, 1.165) is 12.8 Å². The van der Waals surface area contributed by atoms with E-state index >= 15 is 0 Å². The predicted molar refractivity (Wildman–Crippen MR) is 79.6 cm³/mol. The van der Waals surface area contributed by atoms with Crippen LogP contribution in [0.3, 0.4) is 0 Å². The molecule has 1 aliphatic rings. The lowest BCUT2D eigenvalue weighted by Crippen LogP contribution is -2.49. The molecule has 1 aromatic rings. The minimum Gasteiger partial charge on any atom is -0.480 e. The van der Waals surface area contributed by atoms with E-state index in [4.69, 9.17) is 4.74 Å². The molecule has 0 aliphatic heterocycles. The second-order valence-electron chi connectivity index (χ2n) is 5.79. The van der Waals surface area contributed by atoms with E-state index in [1.807, 2.05) is 6.92 Å². The first-order valence-electron chi connectivity index (χ1n) is 7.45. The molecule has 6 nitrogen and oxygen atoms in total. The summed E-state index contributed by atoms with van der Waals surface area (Å²) >= 11 is 0. The van der Waals surface area contributed by atoms with Crippen molar-refractivity contribution in [3.8, 4) is 5.88 Å². The van der Waals surface area contributed by atoms with Gasteiger partial charge in [-0.15, -0.1) is 0 Å². The molecule has 0 spiro atoms. The minimum atomic E-state index is -0.943. The standard InChI is InChI=1S/C15H23N3O3/c1-4-21-13-8-12(16-11(3)17-13)18-15(14(19)20)7-5-6-10(2)9-15/h8,10H,4-7,9H2,1-3H3,(H,19,20)(H,16,17,18). The van der Waals surface area contributed by atoms with Gasteiger partial charge in [0.25, 0.3) is 0 Å². The highest BCUT2D eigenvalue weighted by atomic mass is 16.5. The van der Waals surface area contributed by atoms with Crippen molar-refractivity contribution in [3.05, 3.63) is 11.9 Å². The Hall–Kier alpha value is -1.85. The highest BCUT2D eigenvalue weighted by Crippen LogP contribution is 2.35. The molecule has 2 atom stereocenters. The maximum Gasteiger partial charge on any atom is 0.329 e. The van der Waals surface area contributed by atoms with Gasteiger partial charge in [-0.05, 0) is 32.6 Å². The number of carboxylic acids is 1. The number of aliphatic carboxylic acids is 1. The average Bonchev–Trinajstić information content (AvgIpc) is 2.38. The number of ether oxygens (including phenoxy) is 1. The summed E-state index contributed by atoms with van der Waals surface area (Å²) in [4.78, 5) is 20.3. The summed E-state index contributed by atoms with van der Waals surface area (Å²) in [6.45, 7) is 6.25. The van der Waals surface area contributed by atoms with Crippen LogP contribution >= 0.6 is 0 Å². The number of aryl methyl sites for hydroxylation is 1. The number of nitrogens with one attached hydrogen (secondary N) is 1. The minimum absolute atomic E-state index is 0.386. The Morgan fingerprint density at radius 3 is 2.95 bits per heavy atom. The first-order chi connectivity index (χ1) is 9.95. The van der Waals surface area contributed by atoms with Crippen molar-refractivity contribution in [2.45, 2.75) is 52.0 Å². The molecule has 1 saturated carbocycles. The lowest BCUT2D eigenvalue weighted by atomic mass is 9.76. The molecule has 2 N–H and O–H groups in total. The second kappa shape index (κ2) is 6.28. The molecular formula is C15H23N3O3. The third-order valence-corrected chi connectivity index (χ3v) is 3.88. The van der Waals surface area contributed by atoms with Crippen LogP contribution in [0.2, 0.25) is 0 Å². The average molecular weight is 293 g/mol. The summed E-state index contributed by atoms with van der Waals surface area (Å²) in [5.41, 5.74) is -0.943. The number of rotatable bonds is 5. The predicted octanol–water partition coefficient (Wildman–Crippen LogP) is 2.63. The molecule has 1 aliphatic carbocycles. The van der Waals surface area contributed by atoms with E-state index in [0.29, 0.717) is 42.9 Å². The van der Waals surface area contributed by atoms with E-state index < -0.39 is 11.5 Å². The first kappa shape index (κ1) is 15.5. The maximum absolute atomic E-state index is 11.8. The zero-order valence-corrected chi connectivity index (χ0v) is 12.8. The van der Waals surface area contributed by atoms with Crippen LogP contribution in [-0.4, -0.2) is 33.2 Å². The van der Waals surface area contributed by atoms with Gasteiger partial charge in [0.15, 0.2) is 0 Å². The Morgan fingerprint density at radius 1 is 1.57 bits per heavy atom.